The lowest BCUT2D eigenvalue weighted by atomic mass is 9.64. The van der Waals surface area contributed by atoms with Crippen LogP contribution in [0.3, 0.4) is 0 Å². The fourth-order valence-corrected chi connectivity index (χ4v) is 12.0. The molecule has 0 amide bonds. The second kappa shape index (κ2) is 17.7. The molecular formula is C70H48FN. The number of allylic oxidation sites excluding steroid dienone is 2. The fraction of sp³-hybridized carbons (Fsp3) is 0.0286. The highest BCUT2D eigenvalue weighted by Gasteiger charge is 2.59. The standard InChI is InChI=1S/C70H48FN/c71-59-39-30-50(31-40-59)52-34-43-61(44-35-52)72(60-41-32-51(33-42-60)49-18-6-1-7-19-49)62-45-36-53(37-46-62)54-38-47-64-66(48-54)70(57-24-12-4-13-25-57,58-26-14-5-15-27-58)67-63-28-16-17-29-65(63)69(68(64)67,55-20-8-2-9-21-55)56-22-10-3-11-23-56/h1-48H. The zero-order valence-electron chi connectivity index (χ0n) is 39.5. The fourth-order valence-electron chi connectivity index (χ4n) is 12.0. The van der Waals surface area contributed by atoms with Crippen LogP contribution >= 0.6 is 0 Å². The average molecular weight is 922 g/mol. The summed E-state index contributed by atoms with van der Waals surface area (Å²) in [6.07, 6.45) is 0. The lowest BCUT2D eigenvalue weighted by molar-refractivity contribution is 0.628. The number of halogens is 1. The second-order valence-electron chi connectivity index (χ2n) is 18.9. The van der Waals surface area contributed by atoms with Crippen molar-refractivity contribution in [3.63, 3.8) is 0 Å². The SMILES string of the molecule is Fc1ccc(-c2ccc(N(c3ccc(-c4ccccc4)cc3)c3ccc(-c4ccc5c(c4)C(c4ccccc4)(c4ccccc4)C4=C5C(c5ccccc5)(c5ccccc5)c5ccccc54)cc3)cc2)cc1. The van der Waals surface area contributed by atoms with Gasteiger partial charge in [0.25, 0.3) is 0 Å². The van der Waals surface area contributed by atoms with Crippen molar-refractivity contribution < 1.29 is 4.39 Å². The highest BCUT2D eigenvalue weighted by molar-refractivity contribution is 6.15. The Balaban J connectivity index is 0.987. The summed E-state index contributed by atoms with van der Waals surface area (Å²) in [6.45, 7) is 0. The molecule has 0 saturated carbocycles. The molecule has 0 aromatic heterocycles. The van der Waals surface area contributed by atoms with E-state index < -0.39 is 10.8 Å². The minimum absolute atomic E-state index is 0.241. The van der Waals surface area contributed by atoms with Gasteiger partial charge in [-0.1, -0.05) is 237 Å². The summed E-state index contributed by atoms with van der Waals surface area (Å²) >= 11 is 0. The van der Waals surface area contributed by atoms with Crippen LogP contribution in [0.25, 0.3) is 44.5 Å². The number of hydrogen-bond donors (Lipinski definition) is 0. The molecule has 0 atom stereocenters. The molecule has 0 heterocycles. The quantitative estimate of drug-likeness (QED) is 0.132. The minimum Gasteiger partial charge on any atom is -0.311 e. The number of rotatable bonds is 10. The first-order chi connectivity index (χ1) is 35.6. The molecule has 0 spiro atoms. The molecule has 2 aliphatic carbocycles. The van der Waals surface area contributed by atoms with Crippen molar-refractivity contribution in [1.29, 1.82) is 0 Å². The lowest BCUT2D eigenvalue weighted by Crippen LogP contribution is -2.30. The molecule has 13 rings (SSSR count). The molecule has 11 aromatic carbocycles. The molecule has 0 bridgehead atoms. The van der Waals surface area contributed by atoms with E-state index in [4.69, 9.17) is 0 Å². The number of fused-ring (bicyclic) bond motifs is 4. The largest absolute Gasteiger partial charge is 0.311 e. The lowest BCUT2D eigenvalue weighted by Gasteiger charge is -2.37. The van der Waals surface area contributed by atoms with Gasteiger partial charge >= 0.3 is 0 Å². The number of benzene rings is 11. The van der Waals surface area contributed by atoms with Gasteiger partial charge < -0.3 is 4.90 Å². The van der Waals surface area contributed by atoms with E-state index in [0.717, 1.165) is 44.9 Å². The van der Waals surface area contributed by atoms with Gasteiger partial charge in [-0.3, -0.25) is 0 Å². The van der Waals surface area contributed by atoms with Crippen LogP contribution in [0.4, 0.5) is 21.5 Å². The van der Waals surface area contributed by atoms with E-state index in [1.807, 2.05) is 12.1 Å². The van der Waals surface area contributed by atoms with Gasteiger partial charge in [0.05, 0.1) is 10.8 Å². The average Bonchev–Trinajstić information content (AvgIpc) is 3.94. The van der Waals surface area contributed by atoms with E-state index >= 15 is 0 Å². The second-order valence-corrected chi connectivity index (χ2v) is 18.9. The Morgan fingerprint density at radius 1 is 0.250 bits per heavy atom. The Kier molecular flexibility index (Phi) is 10.6. The maximum absolute atomic E-state index is 13.9. The number of anilines is 3. The maximum Gasteiger partial charge on any atom is 0.123 e. The van der Waals surface area contributed by atoms with Gasteiger partial charge in [0, 0.05) is 17.1 Å². The maximum atomic E-state index is 13.9. The topological polar surface area (TPSA) is 3.24 Å². The zero-order chi connectivity index (χ0) is 48.1. The minimum atomic E-state index is -0.645. The van der Waals surface area contributed by atoms with Gasteiger partial charge in [0.15, 0.2) is 0 Å². The smallest absolute Gasteiger partial charge is 0.123 e. The molecule has 0 aliphatic heterocycles. The Hall–Kier alpha value is -9.11. The molecule has 2 aliphatic rings. The Morgan fingerprint density at radius 3 is 0.986 bits per heavy atom. The molecule has 0 fully saturated rings. The monoisotopic (exact) mass is 921 g/mol. The predicted molar refractivity (Wildman–Crippen MR) is 296 cm³/mol. The summed E-state index contributed by atoms with van der Waals surface area (Å²) < 4.78 is 13.9. The molecule has 340 valence electrons. The van der Waals surface area contributed by atoms with Gasteiger partial charge in [-0.15, -0.1) is 0 Å². The van der Waals surface area contributed by atoms with Crippen LogP contribution in [0.5, 0.6) is 0 Å². The van der Waals surface area contributed by atoms with Crippen molar-refractivity contribution in [3.05, 3.63) is 342 Å². The van der Waals surface area contributed by atoms with Crippen molar-refractivity contribution in [2.24, 2.45) is 0 Å². The van der Waals surface area contributed by atoms with Crippen LogP contribution in [0, 0.1) is 5.82 Å². The van der Waals surface area contributed by atoms with Crippen LogP contribution in [0.15, 0.2) is 291 Å². The Labute approximate surface area is 421 Å². The third-order valence-electron chi connectivity index (χ3n) is 15.1. The molecule has 0 radical (unpaired) electrons. The van der Waals surface area contributed by atoms with E-state index in [1.54, 1.807) is 0 Å². The van der Waals surface area contributed by atoms with Gasteiger partial charge in [-0.25, -0.2) is 4.39 Å². The summed E-state index contributed by atoms with van der Waals surface area (Å²) in [6, 6.07) is 105. The molecule has 0 saturated heterocycles. The Morgan fingerprint density at radius 2 is 0.556 bits per heavy atom. The Bertz CT molecular complexity index is 3660. The third kappa shape index (κ3) is 6.82. The normalized spacial score (nSPS) is 13.8. The molecule has 0 unspecified atom stereocenters. The molecule has 72 heavy (non-hydrogen) atoms. The highest BCUT2D eigenvalue weighted by Crippen LogP contribution is 2.69. The van der Waals surface area contributed by atoms with Crippen molar-refractivity contribution >= 4 is 28.2 Å². The predicted octanol–water partition coefficient (Wildman–Crippen LogP) is 17.9. The van der Waals surface area contributed by atoms with Gasteiger partial charge in [-0.05, 0) is 144 Å². The highest BCUT2D eigenvalue weighted by atomic mass is 19.1. The summed E-state index contributed by atoms with van der Waals surface area (Å²) in [5, 5.41) is 0. The summed E-state index contributed by atoms with van der Waals surface area (Å²) in [5.41, 5.74) is 21.3. The summed E-state index contributed by atoms with van der Waals surface area (Å²) in [7, 11) is 0. The first-order valence-corrected chi connectivity index (χ1v) is 24.8. The van der Waals surface area contributed by atoms with E-state index in [1.165, 1.54) is 73.4 Å². The van der Waals surface area contributed by atoms with Crippen LogP contribution in [-0.2, 0) is 10.8 Å². The number of hydrogen-bond acceptors (Lipinski definition) is 1. The van der Waals surface area contributed by atoms with E-state index in [0.29, 0.717) is 0 Å². The molecular weight excluding hydrogens is 874 g/mol. The van der Waals surface area contributed by atoms with Crippen molar-refractivity contribution in [2.45, 2.75) is 10.8 Å². The van der Waals surface area contributed by atoms with Crippen molar-refractivity contribution in [2.75, 3.05) is 4.90 Å². The van der Waals surface area contributed by atoms with Gasteiger partial charge in [-0.2, -0.15) is 0 Å². The van der Waals surface area contributed by atoms with E-state index in [9.17, 15) is 4.39 Å². The van der Waals surface area contributed by atoms with Crippen molar-refractivity contribution in [3.8, 4) is 33.4 Å². The van der Waals surface area contributed by atoms with Gasteiger partial charge in [0.1, 0.15) is 5.82 Å². The first kappa shape index (κ1) is 43.0. The molecule has 2 heteroatoms. The summed E-state index contributed by atoms with van der Waals surface area (Å²) in [5.74, 6) is -0.241. The summed E-state index contributed by atoms with van der Waals surface area (Å²) in [4.78, 5) is 2.31. The molecule has 1 nitrogen and oxygen atoms in total. The van der Waals surface area contributed by atoms with Crippen LogP contribution in [0.1, 0.15) is 44.5 Å². The van der Waals surface area contributed by atoms with E-state index in [2.05, 4.69) is 272 Å². The molecule has 0 N–H and O–H groups in total. The number of nitrogens with zero attached hydrogens (tertiary/aromatic N) is 1. The van der Waals surface area contributed by atoms with Crippen LogP contribution in [0.2, 0.25) is 0 Å². The van der Waals surface area contributed by atoms with Crippen molar-refractivity contribution in [1.82, 2.24) is 0 Å². The third-order valence-corrected chi connectivity index (χ3v) is 15.1. The van der Waals surface area contributed by atoms with Crippen LogP contribution < -0.4 is 4.90 Å². The van der Waals surface area contributed by atoms with E-state index in [-0.39, 0.29) is 5.82 Å². The first-order valence-electron chi connectivity index (χ1n) is 24.8. The van der Waals surface area contributed by atoms with Gasteiger partial charge in [0.2, 0.25) is 0 Å². The van der Waals surface area contributed by atoms with Crippen LogP contribution in [-0.4, -0.2) is 0 Å². The molecule has 11 aromatic rings. The zero-order valence-corrected chi connectivity index (χ0v) is 39.5.